The first-order valence-corrected chi connectivity index (χ1v) is 8.34. The molecule has 0 spiro atoms. The van der Waals surface area contributed by atoms with Crippen LogP contribution in [0.3, 0.4) is 0 Å². The van der Waals surface area contributed by atoms with Crippen molar-refractivity contribution in [2.75, 3.05) is 13.7 Å². The second-order valence-corrected chi connectivity index (χ2v) is 5.42. The van der Waals surface area contributed by atoms with E-state index in [2.05, 4.69) is 30.4 Å². The van der Waals surface area contributed by atoms with Crippen LogP contribution in [0.5, 0.6) is 5.75 Å². The Morgan fingerprint density at radius 2 is 2.04 bits per heavy atom. The molecule has 2 aromatic rings. The molecule has 12 heteroatoms. The van der Waals surface area contributed by atoms with Crippen LogP contribution in [-0.2, 0) is 28.1 Å². The fraction of sp³-hybridized carbons (Fsp3) is 0.500. The number of carbonyl (C=O) groups is 2. The van der Waals surface area contributed by atoms with Crippen LogP contribution in [0.4, 0.5) is 0 Å². The van der Waals surface area contributed by atoms with E-state index in [1.54, 1.807) is 11.7 Å². The number of esters is 1. The van der Waals surface area contributed by atoms with Gasteiger partial charge >= 0.3 is 5.97 Å². The van der Waals surface area contributed by atoms with E-state index >= 15 is 0 Å². The minimum atomic E-state index is -0.679. The van der Waals surface area contributed by atoms with E-state index in [0.717, 1.165) is 12.8 Å². The third kappa shape index (κ3) is 5.99. The first-order valence-electron chi connectivity index (χ1n) is 8.34. The fourth-order valence-corrected chi connectivity index (χ4v) is 2.09. The van der Waals surface area contributed by atoms with E-state index in [4.69, 9.17) is 0 Å². The predicted molar refractivity (Wildman–Crippen MR) is 105 cm³/mol. The van der Waals surface area contributed by atoms with Crippen LogP contribution in [0.25, 0.3) is 11.4 Å². The van der Waals surface area contributed by atoms with Crippen molar-refractivity contribution in [1.82, 2.24) is 30.5 Å². The van der Waals surface area contributed by atoms with Gasteiger partial charge in [-0.25, -0.2) is 4.98 Å². The van der Waals surface area contributed by atoms with E-state index in [-0.39, 0.29) is 53.9 Å². The molecule has 1 radical (unpaired) electrons. The van der Waals surface area contributed by atoms with Gasteiger partial charge in [0.25, 0.3) is 5.91 Å². The molecular weight excluding hydrogens is 422 g/mol. The van der Waals surface area contributed by atoms with Crippen LogP contribution in [0, 0.1) is 6.92 Å². The average molecular weight is 449 g/mol. The number of amides is 1. The van der Waals surface area contributed by atoms with E-state index in [9.17, 15) is 14.7 Å². The number of hydrogen-bond acceptors (Lipinski definition) is 8. The van der Waals surface area contributed by atoms with Gasteiger partial charge in [0.05, 0.1) is 13.2 Å². The fourth-order valence-electron chi connectivity index (χ4n) is 2.09. The molecule has 1 aliphatic rings. The van der Waals surface area contributed by atoms with Gasteiger partial charge < -0.3 is 15.2 Å². The maximum Gasteiger partial charge on any atom is 0.325 e. The number of nitrogens with one attached hydrogen (secondary N) is 1. The summed E-state index contributed by atoms with van der Waals surface area (Å²) in [7, 11) is 1.21. The number of nitrogens with zero attached hydrogens (tertiary/aromatic N) is 5. The van der Waals surface area contributed by atoms with Gasteiger partial charge in [0.2, 0.25) is 5.82 Å². The SMILES string of the molecule is CC.COC(=O)CNC(=O)c1ncc(-c2nnn(C3CC3)n2)c(C)c1O.P.[HH].[V]. The van der Waals surface area contributed by atoms with Gasteiger partial charge in [0.15, 0.2) is 11.4 Å². The Morgan fingerprint density at radius 3 is 2.61 bits per heavy atom. The molecule has 0 saturated heterocycles. The van der Waals surface area contributed by atoms with Gasteiger partial charge in [0.1, 0.15) is 6.54 Å². The van der Waals surface area contributed by atoms with Gasteiger partial charge in [-0.05, 0) is 25.0 Å². The molecule has 10 nitrogen and oxygen atoms in total. The summed E-state index contributed by atoms with van der Waals surface area (Å²) >= 11 is 0. The number of rotatable bonds is 5. The van der Waals surface area contributed by atoms with Crippen molar-refractivity contribution in [3.05, 3.63) is 17.5 Å². The molecule has 28 heavy (non-hydrogen) atoms. The summed E-state index contributed by atoms with van der Waals surface area (Å²) in [6.45, 7) is 5.32. The van der Waals surface area contributed by atoms with Gasteiger partial charge in [0, 0.05) is 37.3 Å². The van der Waals surface area contributed by atoms with Crippen LogP contribution in [-0.4, -0.2) is 55.8 Å². The number of aromatic nitrogens is 5. The summed E-state index contributed by atoms with van der Waals surface area (Å²) < 4.78 is 4.43. The van der Waals surface area contributed by atoms with Crippen LogP contribution in [0.2, 0.25) is 0 Å². The second kappa shape index (κ2) is 11.7. The number of hydrogen-bond donors (Lipinski definition) is 2. The molecule has 155 valence electrons. The van der Waals surface area contributed by atoms with E-state index in [0.29, 0.717) is 17.0 Å². The molecular formula is C16H27N6O4PV. The largest absolute Gasteiger partial charge is 0.505 e. The van der Waals surface area contributed by atoms with Crippen LogP contribution >= 0.6 is 9.90 Å². The Kier molecular flexibility index (Phi) is 10.9. The Balaban J connectivity index is 0. The predicted octanol–water partition coefficient (Wildman–Crippen LogP) is 1.31. The zero-order valence-corrected chi connectivity index (χ0v) is 19.1. The first-order chi connectivity index (χ1) is 12.5. The maximum atomic E-state index is 12.0. The van der Waals surface area contributed by atoms with Crippen molar-refractivity contribution >= 4 is 21.8 Å². The molecule has 1 fully saturated rings. The van der Waals surface area contributed by atoms with Crippen molar-refractivity contribution in [1.29, 1.82) is 0 Å². The summed E-state index contributed by atoms with van der Waals surface area (Å²) in [5, 5.41) is 24.8. The van der Waals surface area contributed by atoms with E-state index < -0.39 is 11.9 Å². The number of tetrazole rings is 1. The number of pyridine rings is 1. The maximum absolute atomic E-state index is 12.0. The number of carbonyl (C=O) groups excluding carboxylic acids is 2. The first kappa shape index (κ1) is 26.0. The van der Waals surface area contributed by atoms with Gasteiger partial charge in [-0.2, -0.15) is 14.7 Å². The standard InChI is InChI=1S/C14H16N6O4.C2H6.H3P.V.H2/c1-7-9(13-17-19-20(18-13)8-3-4-8)5-15-11(12(7)22)14(23)16-6-10(21)24-2;1-2;;;/h5,8,22H,3-4,6H2,1-2H3,(H,16,23);1-2H3;1H3;;1H. The summed E-state index contributed by atoms with van der Waals surface area (Å²) in [4.78, 5) is 28.6. The van der Waals surface area contributed by atoms with Crippen molar-refractivity contribution in [2.24, 2.45) is 0 Å². The molecule has 1 atom stereocenters. The van der Waals surface area contributed by atoms with Gasteiger partial charge in [-0.1, -0.05) is 13.8 Å². The molecule has 0 aromatic carbocycles. The number of aromatic hydroxyl groups is 1. The zero-order chi connectivity index (χ0) is 19.3. The van der Waals surface area contributed by atoms with Gasteiger partial charge in [-0.15, -0.1) is 10.2 Å². The molecule has 0 bridgehead atoms. The Hall–Kier alpha value is -2.03. The second-order valence-electron chi connectivity index (χ2n) is 5.42. The third-order valence-corrected chi connectivity index (χ3v) is 3.68. The van der Waals surface area contributed by atoms with Crippen LogP contribution < -0.4 is 5.32 Å². The minimum Gasteiger partial charge on any atom is -0.505 e. The number of methoxy groups -OCH3 is 1. The normalized spacial score (nSPS) is 11.9. The summed E-state index contributed by atoms with van der Waals surface area (Å²) in [6, 6.07) is 0.288. The Bertz CT molecular complexity index is 819. The van der Waals surface area contributed by atoms with Crippen LogP contribution in [0.15, 0.2) is 6.20 Å². The molecule has 1 saturated carbocycles. The summed E-state index contributed by atoms with van der Waals surface area (Å²) in [5.41, 5.74) is 0.710. The third-order valence-electron chi connectivity index (χ3n) is 3.68. The average Bonchev–Trinajstić information content (AvgIpc) is 3.40. The van der Waals surface area contributed by atoms with Crippen LogP contribution in [0.1, 0.15) is 50.2 Å². The molecule has 0 aliphatic heterocycles. The molecule has 1 aliphatic carbocycles. The molecule has 2 N–H and O–H groups in total. The Morgan fingerprint density at radius 1 is 1.39 bits per heavy atom. The number of ether oxygens (including phenoxy) is 1. The monoisotopic (exact) mass is 449 g/mol. The zero-order valence-electron chi connectivity index (χ0n) is 16.3. The topological polar surface area (TPSA) is 132 Å². The minimum absolute atomic E-state index is 0. The molecule has 3 rings (SSSR count). The molecule has 1 unspecified atom stereocenters. The Labute approximate surface area is 179 Å². The van der Waals surface area contributed by atoms with Crippen molar-refractivity contribution in [2.45, 2.75) is 39.7 Å². The smallest absolute Gasteiger partial charge is 0.325 e. The molecule has 1 amide bonds. The molecule has 2 heterocycles. The van der Waals surface area contributed by atoms with Gasteiger partial charge in [-0.3, -0.25) is 9.59 Å². The van der Waals surface area contributed by atoms with Crippen molar-refractivity contribution < 1.29 is 39.4 Å². The van der Waals surface area contributed by atoms with Crippen molar-refractivity contribution in [3.8, 4) is 17.1 Å². The summed E-state index contributed by atoms with van der Waals surface area (Å²) in [5.74, 6) is -1.24. The van der Waals surface area contributed by atoms with E-state index in [1.165, 1.54) is 13.3 Å². The van der Waals surface area contributed by atoms with E-state index in [1.807, 2.05) is 13.8 Å². The molecule has 2 aromatic heterocycles. The quantitative estimate of drug-likeness (QED) is 0.516. The summed E-state index contributed by atoms with van der Waals surface area (Å²) in [6.07, 6.45) is 3.45. The van der Waals surface area contributed by atoms with Crippen molar-refractivity contribution in [3.63, 3.8) is 0 Å².